The largest absolute Gasteiger partial charge is 0.494 e. The summed E-state index contributed by atoms with van der Waals surface area (Å²) in [5, 5.41) is 0. The first kappa shape index (κ1) is 15.8. The molecule has 2 aromatic carbocycles. The second kappa shape index (κ2) is 7.98. The van der Waals surface area contributed by atoms with Crippen LogP contribution < -0.4 is 9.47 Å². The zero-order valence-electron chi connectivity index (χ0n) is 12.3. The fourth-order valence-electron chi connectivity index (χ4n) is 1.89. The summed E-state index contributed by atoms with van der Waals surface area (Å²) in [4.78, 5) is 12.1. The summed E-state index contributed by atoms with van der Waals surface area (Å²) in [6.07, 6.45) is 3.21. The number of allylic oxidation sites excluding steroid dienone is 1. The highest BCUT2D eigenvalue weighted by Crippen LogP contribution is 2.15. The normalized spacial score (nSPS) is 10.6. The summed E-state index contributed by atoms with van der Waals surface area (Å²) in [7, 11) is 0. The van der Waals surface area contributed by atoms with Gasteiger partial charge in [0, 0.05) is 5.56 Å². The monoisotopic (exact) mass is 300 g/mol. The van der Waals surface area contributed by atoms with Crippen LogP contribution in [0.1, 0.15) is 22.8 Å². The van der Waals surface area contributed by atoms with E-state index in [9.17, 15) is 9.18 Å². The molecule has 0 aliphatic rings. The van der Waals surface area contributed by atoms with Gasteiger partial charge in [-0.1, -0.05) is 18.2 Å². The minimum absolute atomic E-state index is 0.0906. The molecule has 0 saturated heterocycles. The molecule has 0 atom stereocenters. The van der Waals surface area contributed by atoms with Gasteiger partial charge >= 0.3 is 0 Å². The fraction of sp³-hybridized carbons (Fsp3) is 0.167. The average Bonchev–Trinajstić information content (AvgIpc) is 2.55. The van der Waals surface area contributed by atoms with Crippen molar-refractivity contribution in [3.8, 4) is 11.5 Å². The third-order valence-electron chi connectivity index (χ3n) is 2.98. The van der Waals surface area contributed by atoms with Crippen LogP contribution in [-0.4, -0.2) is 19.3 Å². The van der Waals surface area contributed by atoms with Crippen LogP contribution >= 0.6 is 0 Å². The van der Waals surface area contributed by atoms with Gasteiger partial charge in [-0.25, -0.2) is 4.39 Å². The van der Waals surface area contributed by atoms with Gasteiger partial charge in [0.05, 0.1) is 6.61 Å². The molecule has 114 valence electrons. The molecule has 22 heavy (non-hydrogen) atoms. The van der Waals surface area contributed by atoms with Gasteiger partial charge in [-0.05, 0) is 55.0 Å². The lowest BCUT2D eigenvalue weighted by Crippen LogP contribution is -1.95. The Morgan fingerprint density at radius 2 is 1.59 bits per heavy atom. The zero-order valence-corrected chi connectivity index (χ0v) is 12.3. The van der Waals surface area contributed by atoms with Crippen molar-refractivity contribution < 1.29 is 18.7 Å². The van der Waals surface area contributed by atoms with E-state index in [1.165, 1.54) is 6.08 Å². The quantitative estimate of drug-likeness (QED) is 0.565. The number of hydrogen-bond acceptors (Lipinski definition) is 3. The second-order valence-corrected chi connectivity index (χ2v) is 4.48. The molecule has 2 aromatic rings. The van der Waals surface area contributed by atoms with Crippen molar-refractivity contribution in [2.24, 2.45) is 0 Å². The van der Waals surface area contributed by atoms with Gasteiger partial charge < -0.3 is 9.47 Å². The molecule has 0 fully saturated rings. The number of rotatable bonds is 7. The van der Waals surface area contributed by atoms with Gasteiger partial charge in [0.2, 0.25) is 6.86 Å². The Labute approximate surface area is 129 Å². The fourth-order valence-corrected chi connectivity index (χ4v) is 1.89. The molecule has 0 N–H and O–H groups in total. The van der Waals surface area contributed by atoms with Gasteiger partial charge in [0.25, 0.3) is 0 Å². The number of ether oxygens (including phenoxy) is 2. The zero-order chi connectivity index (χ0) is 15.8. The lowest BCUT2D eigenvalue weighted by atomic mass is 10.1. The van der Waals surface area contributed by atoms with Crippen LogP contribution in [-0.2, 0) is 0 Å². The van der Waals surface area contributed by atoms with E-state index in [1.54, 1.807) is 54.6 Å². The number of carbonyl (C=O) groups is 1. The third kappa shape index (κ3) is 4.45. The summed E-state index contributed by atoms with van der Waals surface area (Å²) in [5.74, 6) is 1.11. The van der Waals surface area contributed by atoms with Crippen LogP contribution in [0.25, 0.3) is 6.08 Å². The van der Waals surface area contributed by atoms with Gasteiger partial charge in [-0.2, -0.15) is 0 Å². The number of halogens is 1. The van der Waals surface area contributed by atoms with Crippen molar-refractivity contribution in [3.05, 3.63) is 65.7 Å². The Kier molecular flexibility index (Phi) is 5.72. The molecule has 0 radical (unpaired) electrons. The molecule has 0 spiro atoms. The Morgan fingerprint density at radius 3 is 2.18 bits per heavy atom. The average molecular weight is 300 g/mol. The third-order valence-corrected chi connectivity index (χ3v) is 2.98. The minimum Gasteiger partial charge on any atom is -0.494 e. The highest BCUT2D eigenvalue weighted by molar-refractivity contribution is 6.06. The maximum Gasteiger partial charge on any atom is 0.228 e. The van der Waals surface area contributed by atoms with E-state index in [-0.39, 0.29) is 5.78 Å². The molecule has 4 heteroatoms. The first-order valence-electron chi connectivity index (χ1n) is 6.97. The number of ketones is 1. The predicted octanol–water partition coefficient (Wildman–Crippen LogP) is 4.29. The van der Waals surface area contributed by atoms with Crippen LogP contribution in [0.2, 0.25) is 0 Å². The SMILES string of the molecule is CCOc1ccc(C(=O)C=Cc2ccc(OCF)cc2)cc1. The maximum atomic E-state index is 12.1. The second-order valence-electron chi connectivity index (χ2n) is 4.48. The van der Waals surface area contributed by atoms with Crippen LogP contribution in [0.5, 0.6) is 11.5 Å². The van der Waals surface area contributed by atoms with Crippen LogP contribution in [0.3, 0.4) is 0 Å². The van der Waals surface area contributed by atoms with Crippen molar-refractivity contribution in [3.63, 3.8) is 0 Å². The van der Waals surface area contributed by atoms with Gasteiger partial charge in [-0.15, -0.1) is 0 Å². The van der Waals surface area contributed by atoms with E-state index in [0.29, 0.717) is 17.9 Å². The van der Waals surface area contributed by atoms with Crippen molar-refractivity contribution in [2.75, 3.05) is 13.5 Å². The summed E-state index contributed by atoms with van der Waals surface area (Å²) in [6.45, 7) is 1.65. The molecule has 0 saturated carbocycles. The molecule has 0 heterocycles. The van der Waals surface area contributed by atoms with E-state index in [4.69, 9.17) is 9.47 Å². The first-order valence-corrected chi connectivity index (χ1v) is 6.97. The molecule has 2 rings (SSSR count). The Bertz CT molecular complexity index is 630. The number of benzene rings is 2. The van der Waals surface area contributed by atoms with Crippen LogP contribution in [0.15, 0.2) is 54.6 Å². The number of hydrogen-bond donors (Lipinski definition) is 0. The number of carbonyl (C=O) groups excluding carboxylic acids is 1. The summed E-state index contributed by atoms with van der Waals surface area (Å²) < 4.78 is 22.1. The van der Waals surface area contributed by atoms with Crippen LogP contribution in [0.4, 0.5) is 4.39 Å². The number of alkyl halides is 1. The summed E-state index contributed by atoms with van der Waals surface area (Å²) >= 11 is 0. The molecule has 0 aliphatic carbocycles. The lowest BCUT2D eigenvalue weighted by molar-refractivity contribution is 0.104. The summed E-state index contributed by atoms with van der Waals surface area (Å²) in [6, 6.07) is 13.8. The minimum atomic E-state index is -0.856. The Morgan fingerprint density at radius 1 is 1.00 bits per heavy atom. The van der Waals surface area contributed by atoms with Gasteiger partial charge in [0.1, 0.15) is 11.5 Å². The highest BCUT2D eigenvalue weighted by Gasteiger charge is 2.02. The van der Waals surface area contributed by atoms with E-state index in [2.05, 4.69) is 0 Å². The first-order chi connectivity index (χ1) is 10.7. The molecule has 0 unspecified atom stereocenters. The topological polar surface area (TPSA) is 35.5 Å². The van der Waals surface area contributed by atoms with Crippen molar-refractivity contribution in [1.29, 1.82) is 0 Å². The molecule has 3 nitrogen and oxygen atoms in total. The van der Waals surface area contributed by atoms with Crippen molar-refractivity contribution >= 4 is 11.9 Å². The van der Waals surface area contributed by atoms with Crippen molar-refractivity contribution in [2.45, 2.75) is 6.92 Å². The van der Waals surface area contributed by atoms with Gasteiger partial charge in [0.15, 0.2) is 5.78 Å². The standard InChI is InChI=1S/C18H17FO3/c1-2-21-16-10-6-15(7-11-16)18(20)12-5-14-3-8-17(9-4-14)22-13-19/h3-12H,2,13H2,1H3. The van der Waals surface area contributed by atoms with Gasteiger partial charge in [-0.3, -0.25) is 4.79 Å². The van der Waals surface area contributed by atoms with E-state index in [0.717, 1.165) is 11.3 Å². The van der Waals surface area contributed by atoms with Crippen LogP contribution in [0, 0.1) is 0 Å². The Balaban J connectivity index is 2.00. The maximum absolute atomic E-state index is 12.1. The predicted molar refractivity (Wildman–Crippen MR) is 84.0 cm³/mol. The molecular weight excluding hydrogens is 283 g/mol. The summed E-state index contributed by atoms with van der Waals surface area (Å²) in [5.41, 5.74) is 1.43. The van der Waals surface area contributed by atoms with Crippen molar-refractivity contribution in [1.82, 2.24) is 0 Å². The molecule has 0 bridgehead atoms. The van der Waals surface area contributed by atoms with E-state index < -0.39 is 6.86 Å². The highest BCUT2D eigenvalue weighted by atomic mass is 19.1. The smallest absolute Gasteiger partial charge is 0.228 e. The molecular formula is C18H17FO3. The molecule has 0 aromatic heterocycles. The molecule has 0 aliphatic heterocycles. The van der Waals surface area contributed by atoms with E-state index in [1.807, 2.05) is 6.92 Å². The Hall–Kier alpha value is -2.62. The van der Waals surface area contributed by atoms with E-state index >= 15 is 0 Å². The lowest BCUT2D eigenvalue weighted by Gasteiger charge is -2.03. The molecule has 0 amide bonds.